The van der Waals surface area contributed by atoms with Gasteiger partial charge in [-0.2, -0.15) is 0 Å². The zero-order valence-electron chi connectivity index (χ0n) is 10.1. The number of methoxy groups -OCH3 is 1. The summed E-state index contributed by atoms with van der Waals surface area (Å²) in [6.07, 6.45) is 1.48. The van der Waals surface area contributed by atoms with Gasteiger partial charge in [-0.3, -0.25) is 4.79 Å². The molecule has 0 saturated carbocycles. The number of amides is 1. The lowest BCUT2D eigenvalue weighted by Crippen LogP contribution is -2.12. The second-order valence-corrected chi connectivity index (χ2v) is 4.21. The number of carbonyl (C=O) groups is 1. The quantitative estimate of drug-likeness (QED) is 0.829. The molecule has 1 rings (SSSR count). The molecule has 0 aliphatic rings. The molecule has 0 atom stereocenters. The van der Waals surface area contributed by atoms with Gasteiger partial charge in [0.1, 0.15) is 5.75 Å². The van der Waals surface area contributed by atoms with Crippen LogP contribution in [-0.4, -0.2) is 13.0 Å². The van der Waals surface area contributed by atoms with Crippen LogP contribution >= 0.6 is 0 Å². The highest BCUT2D eigenvalue weighted by Gasteiger charge is 2.04. The molecular weight excluding hydrogens is 202 g/mol. The Morgan fingerprint density at radius 2 is 2.19 bits per heavy atom. The fourth-order valence-corrected chi connectivity index (χ4v) is 1.34. The van der Waals surface area contributed by atoms with Crippen molar-refractivity contribution in [3.05, 3.63) is 24.3 Å². The fourth-order valence-electron chi connectivity index (χ4n) is 1.34. The molecule has 0 unspecified atom stereocenters. The Hall–Kier alpha value is -1.51. The van der Waals surface area contributed by atoms with Crippen molar-refractivity contribution in [2.75, 3.05) is 12.4 Å². The Morgan fingerprint density at radius 3 is 2.81 bits per heavy atom. The Kier molecular flexibility index (Phi) is 4.83. The van der Waals surface area contributed by atoms with E-state index in [9.17, 15) is 4.79 Å². The van der Waals surface area contributed by atoms with E-state index in [-0.39, 0.29) is 5.91 Å². The van der Waals surface area contributed by atoms with Crippen molar-refractivity contribution < 1.29 is 9.53 Å². The van der Waals surface area contributed by atoms with Crippen LogP contribution in [0.4, 0.5) is 5.69 Å². The van der Waals surface area contributed by atoms with Gasteiger partial charge >= 0.3 is 0 Å². The molecule has 0 heterocycles. The first-order valence-electron chi connectivity index (χ1n) is 5.55. The van der Waals surface area contributed by atoms with Gasteiger partial charge < -0.3 is 10.1 Å². The molecule has 0 saturated heterocycles. The minimum atomic E-state index is 0.0574. The van der Waals surface area contributed by atoms with Crippen molar-refractivity contribution >= 4 is 11.6 Å². The minimum Gasteiger partial charge on any atom is -0.497 e. The minimum absolute atomic E-state index is 0.0574. The van der Waals surface area contributed by atoms with Crippen LogP contribution in [0.5, 0.6) is 5.75 Å². The lowest BCUT2D eigenvalue weighted by atomic mass is 10.1. The van der Waals surface area contributed by atoms with Crippen LogP contribution in [0, 0.1) is 5.92 Å². The van der Waals surface area contributed by atoms with E-state index in [1.165, 1.54) is 0 Å². The smallest absolute Gasteiger partial charge is 0.224 e. The highest BCUT2D eigenvalue weighted by Crippen LogP contribution is 2.17. The first kappa shape index (κ1) is 12.6. The number of ether oxygens (including phenoxy) is 1. The molecule has 16 heavy (non-hydrogen) atoms. The predicted molar refractivity (Wildman–Crippen MR) is 65.7 cm³/mol. The third-order valence-electron chi connectivity index (χ3n) is 2.30. The topological polar surface area (TPSA) is 38.3 Å². The Labute approximate surface area is 96.8 Å². The van der Waals surface area contributed by atoms with E-state index in [1.807, 2.05) is 24.3 Å². The standard InChI is InChI=1S/C13H19NO2/c1-10(2)7-8-13(15)14-11-5-4-6-12(9-11)16-3/h4-6,9-10H,7-8H2,1-3H3,(H,14,15). The highest BCUT2D eigenvalue weighted by molar-refractivity contribution is 5.90. The van der Waals surface area contributed by atoms with Crippen molar-refractivity contribution in [3.8, 4) is 5.75 Å². The first-order valence-corrected chi connectivity index (χ1v) is 5.55. The van der Waals surface area contributed by atoms with Crippen molar-refractivity contribution in [1.29, 1.82) is 0 Å². The number of hydrogen-bond acceptors (Lipinski definition) is 2. The van der Waals surface area contributed by atoms with E-state index in [4.69, 9.17) is 4.74 Å². The molecule has 0 aliphatic heterocycles. The van der Waals surface area contributed by atoms with E-state index in [2.05, 4.69) is 19.2 Å². The molecule has 1 amide bonds. The summed E-state index contributed by atoms with van der Waals surface area (Å²) in [6, 6.07) is 7.38. The zero-order chi connectivity index (χ0) is 12.0. The number of hydrogen-bond donors (Lipinski definition) is 1. The summed E-state index contributed by atoms with van der Waals surface area (Å²) in [6.45, 7) is 4.22. The Balaban J connectivity index is 2.49. The second-order valence-electron chi connectivity index (χ2n) is 4.21. The molecule has 0 bridgehead atoms. The molecule has 1 N–H and O–H groups in total. The average molecular weight is 221 g/mol. The molecule has 1 aromatic carbocycles. The predicted octanol–water partition coefficient (Wildman–Crippen LogP) is 3.07. The Morgan fingerprint density at radius 1 is 1.44 bits per heavy atom. The first-order chi connectivity index (χ1) is 7.61. The number of carbonyl (C=O) groups excluding carboxylic acids is 1. The van der Waals surface area contributed by atoms with Crippen molar-refractivity contribution in [2.24, 2.45) is 5.92 Å². The number of nitrogens with one attached hydrogen (secondary N) is 1. The summed E-state index contributed by atoms with van der Waals surface area (Å²) >= 11 is 0. The van der Waals surface area contributed by atoms with E-state index in [0.29, 0.717) is 12.3 Å². The SMILES string of the molecule is COc1cccc(NC(=O)CCC(C)C)c1. The zero-order valence-corrected chi connectivity index (χ0v) is 10.1. The van der Waals surface area contributed by atoms with Crippen molar-refractivity contribution in [1.82, 2.24) is 0 Å². The molecular formula is C13H19NO2. The van der Waals surface area contributed by atoms with Crippen LogP contribution in [0.1, 0.15) is 26.7 Å². The maximum Gasteiger partial charge on any atom is 0.224 e. The number of benzene rings is 1. The largest absolute Gasteiger partial charge is 0.497 e. The molecule has 0 fully saturated rings. The molecule has 0 aliphatic carbocycles. The van der Waals surface area contributed by atoms with Crippen LogP contribution in [0.25, 0.3) is 0 Å². The van der Waals surface area contributed by atoms with Crippen LogP contribution in [0.15, 0.2) is 24.3 Å². The third-order valence-corrected chi connectivity index (χ3v) is 2.30. The van der Waals surface area contributed by atoms with Gasteiger partial charge in [-0.1, -0.05) is 19.9 Å². The van der Waals surface area contributed by atoms with Gasteiger partial charge in [0, 0.05) is 18.2 Å². The summed E-state index contributed by atoms with van der Waals surface area (Å²) in [4.78, 5) is 11.6. The summed E-state index contributed by atoms with van der Waals surface area (Å²) in [5, 5.41) is 2.85. The van der Waals surface area contributed by atoms with Gasteiger partial charge in [-0.15, -0.1) is 0 Å². The Bertz CT molecular complexity index is 348. The monoisotopic (exact) mass is 221 g/mol. The second kappa shape index (κ2) is 6.16. The van der Waals surface area contributed by atoms with E-state index >= 15 is 0 Å². The summed E-state index contributed by atoms with van der Waals surface area (Å²) in [5.74, 6) is 1.36. The van der Waals surface area contributed by atoms with Gasteiger partial charge in [0.25, 0.3) is 0 Å². The maximum absolute atomic E-state index is 11.6. The average Bonchev–Trinajstić information content (AvgIpc) is 2.26. The third kappa shape index (κ3) is 4.34. The molecule has 88 valence electrons. The van der Waals surface area contributed by atoms with Crippen LogP contribution in [0.3, 0.4) is 0 Å². The summed E-state index contributed by atoms with van der Waals surface area (Å²) < 4.78 is 5.08. The molecule has 0 spiro atoms. The lowest BCUT2D eigenvalue weighted by molar-refractivity contribution is -0.116. The van der Waals surface area contributed by atoms with Crippen LogP contribution in [-0.2, 0) is 4.79 Å². The van der Waals surface area contributed by atoms with Gasteiger partial charge in [0.2, 0.25) is 5.91 Å². The van der Waals surface area contributed by atoms with Gasteiger partial charge in [0.15, 0.2) is 0 Å². The van der Waals surface area contributed by atoms with E-state index in [0.717, 1.165) is 17.9 Å². The molecule has 0 radical (unpaired) electrons. The van der Waals surface area contributed by atoms with Gasteiger partial charge in [0.05, 0.1) is 7.11 Å². The highest BCUT2D eigenvalue weighted by atomic mass is 16.5. The van der Waals surface area contributed by atoms with E-state index in [1.54, 1.807) is 7.11 Å². The lowest BCUT2D eigenvalue weighted by Gasteiger charge is -2.07. The maximum atomic E-state index is 11.6. The normalized spacial score (nSPS) is 10.2. The van der Waals surface area contributed by atoms with E-state index < -0.39 is 0 Å². The van der Waals surface area contributed by atoms with Crippen LogP contribution < -0.4 is 10.1 Å². The van der Waals surface area contributed by atoms with Gasteiger partial charge in [-0.25, -0.2) is 0 Å². The molecule has 3 nitrogen and oxygen atoms in total. The summed E-state index contributed by atoms with van der Waals surface area (Å²) in [7, 11) is 1.61. The van der Waals surface area contributed by atoms with Crippen molar-refractivity contribution in [2.45, 2.75) is 26.7 Å². The van der Waals surface area contributed by atoms with Crippen molar-refractivity contribution in [3.63, 3.8) is 0 Å². The van der Waals surface area contributed by atoms with Crippen LogP contribution in [0.2, 0.25) is 0 Å². The molecule has 3 heteroatoms. The van der Waals surface area contributed by atoms with Gasteiger partial charge in [-0.05, 0) is 24.5 Å². The summed E-state index contributed by atoms with van der Waals surface area (Å²) in [5.41, 5.74) is 0.785. The number of anilines is 1. The fraction of sp³-hybridized carbons (Fsp3) is 0.462. The molecule has 1 aromatic rings. The number of rotatable bonds is 5. The molecule has 0 aromatic heterocycles.